The summed E-state index contributed by atoms with van der Waals surface area (Å²) in [5.74, 6) is 13.5. The molecular weight excluding hydrogens is 715 g/mol. The number of nitrogens with one attached hydrogen (secondary N) is 2. The van der Waals surface area contributed by atoms with E-state index >= 15 is 0 Å². The molecule has 7 N–H and O–H groups in total. The third-order valence-electron chi connectivity index (χ3n) is 9.12. The molecule has 0 amide bonds. The number of rotatable bonds is 18. The molecule has 1 fully saturated rings. The van der Waals surface area contributed by atoms with E-state index in [1.54, 1.807) is 12.3 Å². The number of halogens is 2. The molecule has 2 heterocycles. The minimum absolute atomic E-state index is 0.0897. The van der Waals surface area contributed by atoms with Gasteiger partial charge in [-0.25, -0.2) is 5.84 Å². The fraction of sp³-hybridized carbons (Fsp3) is 0.359. The Morgan fingerprint density at radius 1 is 1.00 bits per heavy atom. The smallest absolute Gasteiger partial charge is 0.142 e. The lowest BCUT2D eigenvalue weighted by atomic mass is 9.96. The van der Waals surface area contributed by atoms with Crippen molar-refractivity contribution < 1.29 is 19.3 Å². The number of aromatic nitrogens is 1. The minimum Gasteiger partial charge on any atom is -0.492 e. The Hall–Kier alpha value is -4.61. The molecule has 1 aromatic heterocycles. The summed E-state index contributed by atoms with van der Waals surface area (Å²) in [5, 5.41) is 26.4. The second-order valence-corrected chi connectivity index (χ2v) is 13.6. The van der Waals surface area contributed by atoms with Crippen LogP contribution in [0.15, 0.2) is 72.1 Å². The molecule has 0 spiro atoms. The fourth-order valence-corrected chi connectivity index (χ4v) is 6.78. The van der Waals surface area contributed by atoms with Crippen LogP contribution in [-0.2, 0) is 19.8 Å². The van der Waals surface area contributed by atoms with Crippen molar-refractivity contribution in [2.75, 3.05) is 39.4 Å². The van der Waals surface area contributed by atoms with Gasteiger partial charge in [0, 0.05) is 60.8 Å². The number of hydrogen-bond donors (Lipinski definition) is 5. The number of hydrogen-bond acceptors (Lipinski definition) is 11. The van der Waals surface area contributed by atoms with Crippen molar-refractivity contribution in [3.8, 4) is 34.4 Å². The molecule has 14 heteroatoms. The van der Waals surface area contributed by atoms with Crippen LogP contribution in [0, 0.1) is 24.2 Å². The van der Waals surface area contributed by atoms with E-state index in [9.17, 15) is 5.26 Å². The standard InChI is InChI=1S/C39H46Cl2N8O4/c1-26-30(6-2-7-32(26)33-8-3-9-35(38(33)41)51-15-5-12-45-11-4-14-50)25-53-37-18-36(52-24-28-16-27(19-42)20-46-21-28)31(17-34(37)40)23-49-13-10-29(22-49)39(47-43)48-44/h2-3,6-9,16-18,20-21,29,45,50H,4-5,10-15,22-25,43-44H2,1H3,(H,47,48). The van der Waals surface area contributed by atoms with Gasteiger partial charge in [0.1, 0.15) is 42.4 Å². The highest BCUT2D eigenvalue weighted by atomic mass is 35.5. The number of hydrazone groups is 1. The van der Waals surface area contributed by atoms with Crippen molar-refractivity contribution in [3.63, 3.8) is 0 Å². The van der Waals surface area contributed by atoms with Crippen LogP contribution in [0.4, 0.5) is 0 Å². The molecule has 0 radical (unpaired) electrons. The summed E-state index contributed by atoms with van der Waals surface area (Å²) in [7, 11) is 0. The summed E-state index contributed by atoms with van der Waals surface area (Å²) in [6.07, 6.45) is 5.59. The van der Waals surface area contributed by atoms with E-state index in [-0.39, 0.29) is 25.7 Å². The van der Waals surface area contributed by atoms with Gasteiger partial charge in [0.2, 0.25) is 0 Å². The summed E-state index contributed by atoms with van der Waals surface area (Å²) >= 11 is 13.8. The molecule has 0 bridgehead atoms. The highest BCUT2D eigenvalue weighted by Crippen LogP contribution is 2.39. The fourth-order valence-electron chi connectivity index (χ4n) is 6.26. The van der Waals surface area contributed by atoms with E-state index in [4.69, 9.17) is 54.2 Å². The number of aliphatic hydroxyl groups is 1. The number of nitrogens with zero attached hydrogens (tertiary/aromatic N) is 4. The molecule has 12 nitrogen and oxygen atoms in total. The van der Waals surface area contributed by atoms with Crippen molar-refractivity contribution in [1.29, 1.82) is 5.26 Å². The topological polar surface area (TPSA) is 176 Å². The van der Waals surface area contributed by atoms with E-state index in [0.717, 1.165) is 72.3 Å². The first kappa shape index (κ1) is 39.6. The van der Waals surface area contributed by atoms with Gasteiger partial charge in [-0.05, 0) is 80.7 Å². The van der Waals surface area contributed by atoms with Gasteiger partial charge in [-0.1, -0.05) is 53.5 Å². The molecule has 1 aliphatic rings. The second kappa shape index (κ2) is 20.0. The molecule has 0 saturated carbocycles. The molecule has 3 aromatic carbocycles. The van der Waals surface area contributed by atoms with Crippen LogP contribution in [0.5, 0.6) is 17.2 Å². The van der Waals surface area contributed by atoms with E-state index in [0.29, 0.717) is 58.4 Å². The number of amidine groups is 1. The Kier molecular flexibility index (Phi) is 14.9. The van der Waals surface area contributed by atoms with Crippen LogP contribution in [-0.4, -0.2) is 60.2 Å². The zero-order chi connectivity index (χ0) is 37.6. The molecule has 1 aliphatic heterocycles. The Morgan fingerprint density at radius 3 is 2.58 bits per heavy atom. The number of ether oxygens (including phenoxy) is 3. The maximum atomic E-state index is 9.35. The maximum absolute atomic E-state index is 9.35. The van der Waals surface area contributed by atoms with Gasteiger partial charge in [0.05, 0.1) is 22.2 Å². The van der Waals surface area contributed by atoms with Crippen molar-refractivity contribution in [2.24, 2.45) is 22.7 Å². The van der Waals surface area contributed by atoms with Gasteiger partial charge in [-0.3, -0.25) is 9.88 Å². The summed E-state index contributed by atoms with van der Waals surface area (Å²) in [6.45, 7) is 6.86. The predicted octanol–water partition coefficient (Wildman–Crippen LogP) is 5.69. The van der Waals surface area contributed by atoms with Crippen molar-refractivity contribution in [3.05, 3.63) is 105 Å². The summed E-state index contributed by atoms with van der Waals surface area (Å²) in [5.41, 5.74) is 8.54. The summed E-state index contributed by atoms with van der Waals surface area (Å²) in [6, 6.07) is 19.4. The summed E-state index contributed by atoms with van der Waals surface area (Å²) < 4.78 is 18.8. The highest BCUT2D eigenvalue weighted by molar-refractivity contribution is 6.35. The average molecular weight is 762 g/mol. The van der Waals surface area contributed by atoms with Gasteiger partial charge in [-0.15, -0.1) is 0 Å². The quantitative estimate of drug-likeness (QED) is 0.0277. The third kappa shape index (κ3) is 10.7. The van der Waals surface area contributed by atoms with Crippen molar-refractivity contribution in [1.82, 2.24) is 20.6 Å². The number of likely N-dealkylation sites (tertiary alicyclic amines) is 1. The molecule has 1 saturated heterocycles. The number of nitrogens with two attached hydrogens (primary N) is 2. The van der Waals surface area contributed by atoms with Gasteiger partial charge < -0.3 is 35.9 Å². The maximum Gasteiger partial charge on any atom is 0.142 e. The molecule has 53 heavy (non-hydrogen) atoms. The Morgan fingerprint density at radius 2 is 1.79 bits per heavy atom. The number of nitriles is 1. The normalized spacial score (nSPS) is 14.6. The number of hydrazine groups is 1. The van der Waals surface area contributed by atoms with Gasteiger partial charge in [0.25, 0.3) is 0 Å². The van der Waals surface area contributed by atoms with E-state index in [1.165, 1.54) is 6.20 Å². The molecule has 4 aromatic rings. The molecular formula is C39H46Cl2N8O4. The Balaban J connectivity index is 1.32. The lowest BCUT2D eigenvalue weighted by molar-refractivity contribution is 0.276. The first-order chi connectivity index (χ1) is 25.8. The largest absolute Gasteiger partial charge is 0.492 e. The summed E-state index contributed by atoms with van der Waals surface area (Å²) in [4.78, 5) is 6.43. The van der Waals surface area contributed by atoms with E-state index in [1.807, 2.05) is 55.5 Å². The lowest BCUT2D eigenvalue weighted by Crippen LogP contribution is -2.38. The van der Waals surface area contributed by atoms with Crippen LogP contribution < -0.4 is 36.6 Å². The van der Waals surface area contributed by atoms with E-state index < -0.39 is 0 Å². The number of aliphatic hydroxyl groups excluding tert-OH is 1. The van der Waals surface area contributed by atoms with E-state index in [2.05, 4.69) is 31.8 Å². The molecule has 280 valence electrons. The monoisotopic (exact) mass is 760 g/mol. The first-order valence-corrected chi connectivity index (χ1v) is 18.3. The van der Waals surface area contributed by atoms with Gasteiger partial charge >= 0.3 is 0 Å². The average Bonchev–Trinajstić information content (AvgIpc) is 3.63. The van der Waals surface area contributed by atoms with Crippen LogP contribution in [0.2, 0.25) is 10.0 Å². The molecule has 1 atom stereocenters. The number of benzene rings is 3. The molecule has 0 aliphatic carbocycles. The third-order valence-corrected chi connectivity index (χ3v) is 9.81. The van der Waals surface area contributed by atoms with Crippen LogP contribution in [0.3, 0.4) is 0 Å². The van der Waals surface area contributed by atoms with Crippen molar-refractivity contribution in [2.45, 2.75) is 45.9 Å². The zero-order valence-electron chi connectivity index (χ0n) is 29.8. The van der Waals surface area contributed by atoms with Gasteiger partial charge in [-0.2, -0.15) is 10.4 Å². The Bertz CT molecular complexity index is 1900. The zero-order valence-corrected chi connectivity index (χ0v) is 31.3. The SMILES string of the molecule is Cc1c(COc2cc(OCc3cncc(C#N)c3)c(CN3CCC(/C(=N/N)NN)C3)cc2Cl)cccc1-c1cccc(OCCCNCCCO)c1Cl. The van der Waals surface area contributed by atoms with Crippen LogP contribution >= 0.6 is 23.2 Å². The molecule has 1 unspecified atom stereocenters. The van der Waals surface area contributed by atoms with Crippen LogP contribution in [0.25, 0.3) is 11.1 Å². The number of pyridine rings is 1. The minimum atomic E-state index is 0.0897. The second-order valence-electron chi connectivity index (χ2n) is 12.8. The van der Waals surface area contributed by atoms with Crippen LogP contribution in [0.1, 0.15) is 47.1 Å². The first-order valence-electron chi connectivity index (χ1n) is 17.6. The predicted molar refractivity (Wildman–Crippen MR) is 208 cm³/mol. The van der Waals surface area contributed by atoms with Crippen molar-refractivity contribution >= 4 is 29.0 Å². The molecule has 5 rings (SSSR count). The Labute approximate surface area is 320 Å². The highest BCUT2D eigenvalue weighted by Gasteiger charge is 2.28. The lowest BCUT2D eigenvalue weighted by Gasteiger charge is -2.21. The van der Waals surface area contributed by atoms with Gasteiger partial charge in [0.15, 0.2) is 0 Å².